The monoisotopic (exact) mass is 355 g/mol. The lowest BCUT2D eigenvalue weighted by Crippen LogP contribution is -2.48. The molecule has 1 aliphatic heterocycles. The first-order valence-electron chi connectivity index (χ1n) is 8.54. The van der Waals surface area contributed by atoms with Crippen LogP contribution < -0.4 is 14.5 Å². The van der Waals surface area contributed by atoms with E-state index in [-0.39, 0.29) is 0 Å². The fourth-order valence-corrected chi connectivity index (χ4v) is 3.36. The van der Waals surface area contributed by atoms with Crippen LogP contribution in [0, 0.1) is 0 Å². The molecule has 0 bridgehead atoms. The Morgan fingerprint density at radius 3 is 2.04 bits per heavy atom. The van der Waals surface area contributed by atoms with Crippen molar-refractivity contribution in [3.63, 3.8) is 0 Å². The van der Waals surface area contributed by atoms with Gasteiger partial charge in [-0.2, -0.15) is 0 Å². The molecule has 0 radical (unpaired) electrons. The minimum atomic E-state index is 0.893. The number of anilines is 2. The lowest BCUT2D eigenvalue weighted by Gasteiger charge is -2.37. The third-order valence-corrected chi connectivity index (χ3v) is 5.13. The van der Waals surface area contributed by atoms with Gasteiger partial charge in [0.2, 0.25) is 0 Å². The summed E-state index contributed by atoms with van der Waals surface area (Å²) in [4.78, 5) is 7.74. The van der Waals surface area contributed by atoms with Gasteiger partial charge >= 0.3 is 0 Å². The van der Waals surface area contributed by atoms with Gasteiger partial charge in [0.15, 0.2) is 0 Å². The Labute approximate surface area is 155 Å². The van der Waals surface area contributed by atoms with Gasteiger partial charge in [-0.1, -0.05) is 12.2 Å². The Kier molecular flexibility index (Phi) is 5.43. The summed E-state index contributed by atoms with van der Waals surface area (Å²) in [5.74, 6) is 0.893. The lowest BCUT2D eigenvalue weighted by atomic mass is 10.1. The second-order valence-corrected chi connectivity index (χ2v) is 6.81. The maximum absolute atomic E-state index is 5.71. The number of ether oxygens (including phenoxy) is 1. The highest BCUT2D eigenvalue weighted by atomic mass is 32.1. The Morgan fingerprint density at radius 1 is 0.920 bits per heavy atom. The molecule has 2 aromatic carbocycles. The third kappa shape index (κ3) is 4.04. The normalized spacial score (nSPS) is 14.4. The molecule has 5 heteroatoms. The molecular weight excluding hydrogens is 330 g/mol. The Hall–Kier alpha value is -2.27. The summed E-state index contributed by atoms with van der Waals surface area (Å²) < 4.78 is 5.23. The van der Waals surface area contributed by atoms with Crippen LogP contribution in [-0.4, -0.2) is 57.3 Å². The molecule has 25 heavy (non-hydrogen) atoms. The van der Waals surface area contributed by atoms with E-state index in [0.717, 1.165) is 42.5 Å². The summed E-state index contributed by atoms with van der Waals surface area (Å²) >= 11 is 5.71. The summed E-state index contributed by atoms with van der Waals surface area (Å²) in [6, 6.07) is 16.7. The predicted molar refractivity (Wildman–Crippen MR) is 109 cm³/mol. The summed E-state index contributed by atoms with van der Waals surface area (Å²) in [6.45, 7) is 3.84. The number of methoxy groups -OCH3 is 1. The summed E-state index contributed by atoms with van der Waals surface area (Å²) in [6.07, 6.45) is 0. The van der Waals surface area contributed by atoms with Crippen molar-refractivity contribution >= 4 is 28.6 Å². The minimum Gasteiger partial charge on any atom is -0.497 e. The molecule has 1 fully saturated rings. The van der Waals surface area contributed by atoms with Gasteiger partial charge in [-0.3, -0.25) is 0 Å². The molecule has 2 aromatic rings. The number of piperazine rings is 1. The predicted octanol–water partition coefficient (Wildman–Crippen LogP) is 3.26. The average Bonchev–Trinajstić information content (AvgIpc) is 2.67. The van der Waals surface area contributed by atoms with Crippen LogP contribution in [0.15, 0.2) is 48.5 Å². The quantitative estimate of drug-likeness (QED) is 0.782. The zero-order chi connectivity index (χ0) is 17.8. The zero-order valence-electron chi connectivity index (χ0n) is 15.1. The number of thiocarbonyl (C=S) groups is 1. The van der Waals surface area contributed by atoms with E-state index in [4.69, 9.17) is 17.0 Å². The van der Waals surface area contributed by atoms with Crippen molar-refractivity contribution in [1.29, 1.82) is 0 Å². The first-order chi connectivity index (χ1) is 12.1. The van der Waals surface area contributed by atoms with Gasteiger partial charge in [0, 0.05) is 57.2 Å². The molecule has 0 aliphatic carbocycles. The Bertz CT molecular complexity index is 705. The second-order valence-electron chi connectivity index (χ2n) is 6.42. The van der Waals surface area contributed by atoms with E-state index in [9.17, 15) is 0 Å². The molecular formula is C20H25N3OS. The van der Waals surface area contributed by atoms with E-state index < -0.39 is 0 Å². The first-order valence-corrected chi connectivity index (χ1v) is 8.95. The Balaban J connectivity index is 1.60. The van der Waals surface area contributed by atoms with Crippen molar-refractivity contribution in [2.45, 2.75) is 0 Å². The molecule has 0 unspecified atom stereocenters. The van der Waals surface area contributed by atoms with E-state index in [1.807, 2.05) is 26.2 Å². The van der Waals surface area contributed by atoms with Crippen LogP contribution >= 0.6 is 12.2 Å². The van der Waals surface area contributed by atoms with Crippen LogP contribution in [-0.2, 0) is 0 Å². The molecule has 0 saturated carbocycles. The van der Waals surface area contributed by atoms with Gasteiger partial charge in [0.05, 0.1) is 7.11 Å². The van der Waals surface area contributed by atoms with Crippen LogP contribution in [0.1, 0.15) is 5.56 Å². The standard InChI is InChI=1S/C20H25N3OS/c1-21(2)17-6-4-16(5-7-17)20(25)23-14-12-22(13-15-23)18-8-10-19(24-3)11-9-18/h4-11H,12-15H2,1-3H3. The van der Waals surface area contributed by atoms with Gasteiger partial charge in [0.25, 0.3) is 0 Å². The highest BCUT2D eigenvalue weighted by molar-refractivity contribution is 7.80. The van der Waals surface area contributed by atoms with Crippen LogP contribution in [0.25, 0.3) is 0 Å². The zero-order valence-corrected chi connectivity index (χ0v) is 15.9. The molecule has 3 rings (SSSR count). The SMILES string of the molecule is COc1ccc(N2CCN(C(=S)c3ccc(N(C)C)cc3)CC2)cc1. The van der Waals surface area contributed by atoms with E-state index in [1.54, 1.807) is 7.11 Å². The molecule has 1 saturated heterocycles. The van der Waals surface area contributed by atoms with E-state index in [0.29, 0.717) is 0 Å². The largest absolute Gasteiger partial charge is 0.497 e. The fraction of sp³-hybridized carbons (Fsp3) is 0.350. The fourth-order valence-electron chi connectivity index (χ4n) is 3.05. The second kappa shape index (κ2) is 7.74. The minimum absolute atomic E-state index is 0.893. The molecule has 0 aromatic heterocycles. The number of nitrogens with zero attached hydrogens (tertiary/aromatic N) is 3. The molecule has 0 atom stereocenters. The smallest absolute Gasteiger partial charge is 0.119 e. The van der Waals surface area contributed by atoms with Crippen molar-refractivity contribution in [3.8, 4) is 5.75 Å². The van der Waals surface area contributed by atoms with Crippen LogP contribution in [0.2, 0.25) is 0 Å². The highest BCUT2D eigenvalue weighted by Crippen LogP contribution is 2.21. The highest BCUT2D eigenvalue weighted by Gasteiger charge is 2.20. The summed E-state index contributed by atoms with van der Waals surface area (Å²) in [5, 5.41) is 0. The van der Waals surface area contributed by atoms with Crippen molar-refractivity contribution in [3.05, 3.63) is 54.1 Å². The third-order valence-electron chi connectivity index (χ3n) is 4.64. The van der Waals surface area contributed by atoms with Crippen molar-refractivity contribution in [1.82, 2.24) is 4.90 Å². The number of benzene rings is 2. The van der Waals surface area contributed by atoms with Crippen LogP contribution in [0.3, 0.4) is 0 Å². The van der Waals surface area contributed by atoms with Crippen LogP contribution in [0.4, 0.5) is 11.4 Å². The maximum atomic E-state index is 5.71. The number of rotatable bonds is 4. The molecule has 0 amide bonds. The molecule has 0 N–H and O–H groups in total. The lowest BCUT2D eigenvalue weighted by molar-refractivity contribution is 0.392. The van der Waals surface area contributed by atoms with Crippen molar-refractivity contribution < 1.29 is 4.74 Å². The maximum Gasteiger partial charge on any atom is 0.119 e. The molecule has 0 spiro atoms. The summed E-state index contributed by atoms with van der Waals surface area (Å²) in [5.41, 5.74) is 3.55. The molecule has 1 heterocycles. The van der Waals surface area contributed by atoms with E-state index >= 15 is 0 Å². The van der Waals surface area contributed by atoms with Gasteiger partial charge in [-0.25, -0.2) is 0 Å². The number of hydrogen-bond acceptors (Lipinski definition) is 4. The average molecular weight is 356 g/mol. The summed E-state index contributed by atoms with van der Waals surface area (Å²) in [7, 11) is 5.79. The van der Waals surface area contributed by atoms with Gasteiger partial charge in [-0.15, -0.1) is 0 Å². The van der Waals surface area contributed by atoms with Crippen LogP contribution in [0.5, 0.6) is 5.75 Å². The van der Waals surface area contributed by atoms with Crippen molar-refractivity contribution in [2.75, 3.05) is 57.2 Å². The van der Waals surface area contributed by atoms with Gasteiger partial charge in [-0.05, 0) is 48.5 Å². The molecule has 4 nitrogen and oxygen atoms in total. The Morgan fingerprint density at radius 2 is 1.52 bits per heavy atom. The van der Waals surface area contributed by atoms with Crippen molar-refractivity contribution in [2.24, 2.45) is 0 Å². The van der Waals surface area contributed by atoms with E-state index in [2.05, 4.69) is 51.1 Å². The molecule has 1 aliphatic rings. The van der Waals surface area contributed by atoms with Gasteiger partial charge in [0.1, 0.15) is 10.7 Å². The number of hydrogen-bond donors (Lipinski definition) is 0. The first kappa shape index (κ1) is 17.5. The molecule has 132 valence electrons. The topological polar surface area (TPSA) is 19.0 Å². The van der Waals surface area contributed by atoms with E-state index in [1.165, 1.54) is 11.4 Å². The van der Waals surface area contributed by atoms with Gasteiger partial charge < -0.3 is 19.4 Å².